The third kappa shape index (κ3) is 4.92. The van der Waals surface area contributed by atoms with Crippen molar-refractivity contribution in [1.29, 1.82) is 0 Å². The molecule has 0 atom stereocenters. The lowest BCUT2D eigenvalue weighted by atomic mass is 10.2. The summed E-state index contributed by atoms with van der Waals surface area (Å²) in [4.78, 5) is 11.9. The quantitative estimate of drug-likeness (QED) is 0.588. The van der Waals surface area contributed by atoms with Crippen LogP contribution in [0.1, 0.15) is 13.8 Å². The highest BCUT2D eigenvalue weighted by molar-refractivity contribution is 7.99. The molecule has 24 heavy (non-hydrogen) atoms. The van der Waals surface area contributed by atoms with Gasteiger partial charge >= 0.3 is 0 Å². The van der Waals surface area contributed by atoms with Gasteiger partial charge in [-0.05, 0) is 30.2 Å². The number of benzene rings is 1. The zero-order chi connectivity index (χ0) is 17.5. The standard InChI is InChI=1S/C17H21FN4OS/c1-4-9-22-16(13-5-7-14(18)8-6-13)20-21-17(22)24-11-15(23)19-10-12(2)3/h4-8,12H,1,9-11H2,2-3H3,(H,19,23). The number of carbonyl (C=O) groups is 1. The van der Waals surface area contributed by atoms with Crippen molar-refractivity contribution in [2.24, 2.45) is 5.92 Å². The molecule has 0 unspecified atom stereocenters. The molecule has 1 aromatic carbocycles. The Balaban J connectivity index is 2.11. The average molecular weight is 348 g/mol. The van der Waals surface area contributed by atoms with E-state index in [0.717, 1.165) is 5.56 Å². The minimum absolute atomic E-state index is 0.0369. The Hall–Kier alpha value is -2.15. The van der Waals surface area contributed by atoms with Gasteiger partial charge in [0.05, 0.1) is 5.75 Å². The number of nitrogens with one attached hydrogen (secondary N) is 1. The van der Waals surface area contributed by atoms with E-state index in [0.29, 0.717) is 30.0 Å². The van der Waals surface area contributed by atoms with Gasteiger partial charge in [-0.1, -0.05) is 31.7 Å². The monoisotopic (exact) mass is 348 g/mol. The molecule has 2 aromatic rings. The number of amides is 1. The Kier molecular flexibility index (Phi) is 6.54. The Labute approximate surface area is 145 Å². The van der Waals surface area contributed by atoms with Crippen molar-refractivity contribution in [2.45, 2.75) is 25.5 Å². The van der Waals surface area contributed by atoms with Crippen LogP contribution in [0.5, 0.6) is 0 Å². The van der Waals surface area contributed by atoms with Gasteiger partial charge in [0.1, 0.15) is 5.82 Å². The summed E-state index contributed by atoms with van der Waals surface area (Å²) < 4.78 is 14.9. The normalized spacial score (nSPS) is 10.8. The van der Waals surface area contributed by atoms with Crippen molar-refractivity contribution in [3.63, 3.8) is 0 Å². The molecule has 128 valence electrons. The zero-order valence-electron chi connectivity index (χ0n) is 13.8. The van der Waals surface area contributed by atoms with Crippen LogP contribution in [0, 0.1) is 11.7 Å². The largest absolute Gasteiger partial charge is 0.355 e. The minimum Gasteiger partial charge on any atom is -0.355 e. The molecular formula is C17H21FN4OS. The predicted molar refractivity (Wildman–Crippen MR) is 94.2 cm³/mol. The van der Waals surface area contributed by atoms with Crippen LogP contribution in [0.2, 0.25) is 0 Å². The maximum Gasteiger partial charge on any atom is 0.230 e. The van der Waals surface area contributed by atoms with E-state index in [1.165, 1.54) is 23.9 Å². The number of allylic oxidation sites excluding steroid dienone is 1. The highest BCUT2D eigenvalue weighted by Crippen LogP contribution is 2.24. The van der Waals surface area contributed by atoms with Crippen LogP contribution >= 0.6 is 11.8 Å². The van der Waals surface area contributed by atoms with E-state index in [2.05, 4.69) is 22.1 Å². The third-order valence-electron chi connectivity index (χ3n) is 3.17. The number of hydrogen-bond acceptors (Lipinski definition) is 4. The van der Waals surface area contributed by atoms with Gasteiger partial charge in [0, 0.05) is 18.7 Å². The van der Waals surface area contributed by atoms with E-state index in [1.54, 1.807) is 18.2 Å². The van der Waals surface area contributed by atoms with Crippen molar-refractivity contribution in [3.05, 3.63) is 42.7 Å². The lowest BCUT2D eigenvalue weighted by Gasteiger charge is -2.09. The maximum absolute atomic E-state index is 13.1. The summed E-state index contributed by atoms with van der Waals surface area (Å²) in [6.07, 6.45) is 1.74. The molecule has 0 bridgehead atoms. The van der Waals surface area contributed by atoms with E-state index in [1.807, 2.05) is 18.4 Å². The summed E-state index contributed by atoms with van der Waals surface area (Å²) in [6, 6.07) is 6.08. The number of carbonyl (C=O) groups excluding carboxylic acids is 1. The van der Waals surface area contributed by atoms with Gasteiger partial charge < -0.3 is 5.32 Å². The third-order valence-corrected chi connectivity index (χ3v) is 4.14. The molecule has 5 nitrogen and oxygen atoms in total. The summed E-state index contributed by atoms with van der Waals surface area (Å²) in [5.74, 6) is 0.967. The molecule has 1 heterocycles. The molecule has 0 radical (unpaired) electrons. The fraction of sp³-hybridized carbons (Fsp3) is 0.353. The fourth-order valence-corrected chi connectivity index (χ4v) is 2.78. The maximum atomic E-state index is 13.1. The summed E-state index contributed by atoms with van der Waals surface area (Å²) in [5.41, 5.74) is 0.766. The molecule has 0 saturated carbocycles. The molecule has 0 aliphatic rings. The predicted octanol–water partition coefficient (Wildman–Crippen LogP) is 3.13. The molecule has 0 spiro atoms. The second-order valence-electron chi connectivity index (χ2n) is 5.70. The van der Waals surface area contributed by atoms with Crippen LogP contribution in [0.25, 0.3) is 11.4 Å². The van der Waals surface area contributed by atoms with Crippen LogP contribution in [-0.2, 0) is 11.3 Å². The van der Waals surface area contributed by atoms with Gasteiger partial charge in [-0.2, -0.15) is 0 Å². The number of halogens is 1. The minimum atomic E-state index is -0.301. The molecule has 0 saturated heterocycles. The molecule has 0 fully saturated rings. The van der Waals surface area contributed by atoms with Crippen LogP contribution < -0.4 is 5.32 Å². The first-order chi connectivity index (χ1) is 11.5. The Morgan fingerprint density at radius 2 is 2.08 bits per heavy atom. The summed E-state index contributed by atoms with van der Waals surface area (Å²) in [7, 11) is 0. The van der Waals surface area contributed by atoms with Gasteiger partial charge in [-0.25, -0.2) is 4.39 Å². The van der Waals surface area contributed by atoms with Gasteiger partial charge in [0.25, 0.3) is 0 Å². The van der Waals surface area contributed by atoms with Gasteiger partial charge in [0.15, 0.2) is 11.0 Å². The molecule has 1 N–H and O–H groups in total. The van der Waals surface area contributed by atoms with E-state index in [9.17, 15) is 9.18 Å². The number of nitrogens with zero attached hydrogens (tertiary/aromatic N) is 3. The summed E-state index contributed by atoms with van der Waals surface area (Å²) in [5, 5.41) is 11.8. The SMILES string of the molecule is C=CCn1c(SCC(=O)NCC(C)C)nnc1-c1ccc(F)cc1. The number of aromatic nitrogens is 3. The highest BCUT2D eigenvalue weighted by Gasteiger charge is 2.15. The van der Waals surface area contributed by atoms with Crippen LogP contribution in [-0.4, -0.2) is 33.0 Å². The van der Waals surface area contributed by atoms with Crippen molar-refractivity contribution in [1.82, 2.24) is 20.1 Å². The molecule has 0 aliphatic carbocycles. The molecule has 1 aromatic heterocycles. The smallest absolute Gasteiger partial charge is 0.230 e. The Bertz CT molecular complexity index is 697. The Morgan fingerprint density at radius 1 is 1.38 bits per heavy atom. The molecule has 7 heteroatoms. The van der Waals surface area contributed by atoms with Gasteiger partial charge in [0.2, 0.25) is 5.91 Å². The van der Waals surface area contributed by atoms with E-state index < -0.39 is 0 Å². The first kappa shape index (κ1) is 18.2. The number of thioether (sulfide) groups is 1. The van der Waals surface area contributed by atoms with E-state index >= 15 is 0 Å². The molecule has 2 rings (SSSR count). The second kappa shape index (κ2) is 8.63. The number of rotatable bonds is 8. The molecule has 0 aliphatic heterocycles. The van der Waals surface area contributed by atoms with E-state index in [4.69, 9.17) is 0 Å². The average Bonchev–Trinajstić information content (AvgIpc) is 2.95. The van der Waals surface area contributed by atoms with Gasteiger partial charge in [-0.15, -0.1) is 16.8 Å². The molecular weight excluding hydrogens is 327 g/mol. The van der Waals surface area contributed by atoms with Crippen LogP contribution in [0.15, 0.2) is 42.1 Å². The van der Waals surface area contributed by atoms with Crippen molar-refractivity contribution in [3.8, 4) is 11.4 Å². The highest BCUT2D eigenvalue weighted by atomic mass is 32.2. The lowest BCUT2D eigenvalue weighted by Crippen LogP contribution is -2.28. The van der Waals surface area contributed by atoms with Crippen LogP contribution in [0.4, 0.5) is 4.39 Å². The van der Waals surface area contributed by atoms with E-state index in [-0.39, 0.29) is 17.5 Å². The van der Waals surface area contributed by atoms with Crippen molar-refractivity contribution < 1.29 is 9.18 Å². The zero-order valence-corrected chi connectivity index (χ0v) is 14.6. The summed E-state index contributed by atoms with van der Waals surface area (Å²) >= 11 is 1.32. The first-order valence-corrected chi connectivity index (χ1v) is 8.69. The van der Waals surface area contributed by atoms with Gasteiger partial charge in [-0.3, -0.25) is 9.36 Å². The second-order valence-corrected chi connectivity index (χ2v) is 6.64. The lowest BCUT2D eigenvalue weighted by molar-refractivity contribution is -0.118. The fourth-order valence-electron chi connectivity index (χ4n) is 2.00. The van der Waals surface area contributed by atoms with Crippen molar-refractivity contribution >= 4 is 17.7 Å². The number of hydrogen-bond donors (Lipinski definition) is 1. The summed E-state index contributed by atoms with van der Waals surface area (Å²) in [6.45, 7) is 9.00. The topological polar surface area (TPSA) is 59.8 Å². The van der Waals surface area contributed by atoms with Crippen molar-refractivity contribution in [2.75, 3.05) is 12.3 Å². The van der Waals surface area contributed by atoms with Crippen LogP contribution in [0.3, 0.4) is 0 Å². The Morgan fingerprint density at radius 3 is 2.71 bits per heavy atom. The first-order valence-electron chi connectivity index (χ1n) is 7.70. The molecule has 1 amide bonds.